The summed E-state index contributed by atoms with van der Waals surface area (Å²) < 4.78 is 0. The molecule has 4 saturated carbocycles. The molecular weight excluding hydrogens is 396 g/mol. The number of carboxylic acid groups (broad SMARTS) is 1. The van der Waals surface area contributed by atoms with E-state index in [2.05, 4.69) is 47.6 Å². The van der Waals surface area contributed by atoms with Gasteiger partial charge in [-0.25, -0.2) is 0 Å². The van der Waals surface area contributed by atoms with Gasteiger partial charge in [0, 0.05) is 0 Å². The van der Waals surface area contributed by atoms with E-state index < -0.39 is 5.97 Å². The minimum atomic E-state index is -0.563. The van der Waals surface area contributed by atoms with Gasteiger partial charge in [-0.2, -0.15) is 0 Å². The van der Waals surface area contributed by atoms with Gasteiger partial charge in [0.2, 0.25) is 0 Å². The molecular formula is C29H46O3. The highest BCUT2D eigenvalue weighted by molar-refractivity contribution is 5.70. The smallest absolute Gasteiger partial charge is 0.306 e. The number of aliphatic hydroxyl groups is 1. The molecule has 3 heteroatoms. The van der Waals surface area contributed by atoms with Crippen LogP contribution in [-0.2, 0) is 4.79 Å². The fourth-order valence-electron chi connectivity index (χ4n) is 10.7. The molecule has 10 atom stereocenters. The number of rotatable bonds is 1. The maximum Gasteiger partial charge on any atom is 0.306 e. The van der Waals surface area contributed by atoms with Crippen LogP contribution in [0.5, 0.6) is 0 Å². The van der Waals surface area contributed by atoms with Crippen LogP contribution < -0.4 is 0 Å². The van der Waals surface area contributed by atoms with Crippen LogP contribution in [-0.4, -0.2) is 22.3 Å². The minimum absolute atomic E-state index is 0.0104. The fraction of sp³-hybridized carbons (Fsp3) is 0.897. The molecule has 180 valence electrons. The van der Waals surface area contributed by atoms with Gasteiger partial charge in [0.1, 0.15) is 0 Å². The molecule has 0 saturated heterocycles. The number of aliphatic hydroxyl groups excluding tert-OH is 1. The molecule has 0 unspecified atom stereocenters. The Morgan fingerprint density at radius 1 is 0.938 bits per heavy atom. The van der Waals surface area contributed by atoms with Crippen molar-refractivity contribution in [1.82, 2.24) is 0 Å². The Hall–Kier alpha value is -0.830. The van der Waals surface area contributed by atoms with Gasteiger partial charge in [0.25, 0.3) is 0 Å². The van der Waals surface area contributed by atoms with Gasteiger partial charge in [-0.15, -0.1) is 0 Å². The summed E-state index contributed by atoms with van der Waals surface area (Å²) in [6, 6.07) is 0. The summed E-state index contributed by atoms with van der Waals surface area (Å²) in [5, 5.41) is 20.8. The van der Waals surface area contributed by atoms with E-state index in [1.54, 1.807) is 5.57 Å². The lowest BCUT2D eigenvalue weighted by atomic mass is 9.34. The third-order valence-electron chi connectivity index (χ3n) is 12.7. The predicted octanol–water partition coefficient (Wildman–Crippen LogP) is 6.70. The Morgan fingerprint density at radius 2 is 1.66 bits per heavy atom. The maximum atomic E-state index is 12.1. The summed E-state index contributed by atoms with van der Waals surface area (Å²) >= 11 is 0. The van der Waals surface area contributed by atoms with Crippen LogP contribution in [0.4, 0.5) is 0 Å². The van der Waals surface area contributed by atoms with Crippen molar-refractivity contribution in [3.05, 3.63) is 11.6 Å². The topological polar surface area (TPSA) is 57.5 Å². The van der Waals surface area contributed by atoms with E-state index in [-0.39, 0.29) is 33.7 Å². The first-order valence-electron chi connectivity index (χ1n) is 13.5. The fourth-order valence-corrected chi connectivity index (χ4v) is 10.7. The van der Waals surface area contributed by atoms with E-state index in [0.29, 0.717) is 29.6 Å². The third kappa shape index (κ3) is 2.72. The van der Waals surface area contributed by atoms with Gasteiger partial charge in [-0.3, -0.25) is 4.79 Å². The molecule has 4 fully saturated rings. The Balaban J connectivity index is 1.56. The third-order valence-corrected chi connectivity index (χ3v) is 12.7. The Kier molecular flexibility index (Phi) is 5.08. The van der Waals surface area contributed by atoms with Crippen molar-refractivity contribution in [2.45, 2.75) is 105 Å². The van der Waals surface area contributed by atoms with E-state index in [9.17, 15) is 15.0 Å². The van der Waals surface area contributed by atoms with Gasteiger partial charge < -0.3 is 10.2 Å². The van der Waals surface area contributed by atoms with Gasteiger partial charge in [0.05, 0.1) is 12.0 Å². The van der Waals surface area contributed by atoms with Crippen LogP contribution >= 0.6 is 0 Å². The summed E-state index contributed by atoms with van der Waals surface area (Å²) in [7, 11) is 0. The Bertz CT molecular complexity index is 828. The number of allylic oxidation sites excluding steroid dienone is 2. The normalized spacial score (nSPS) is 54.3. The average Bonchev–Trinajstić information content (AvgIpc) is 2.71. The molecule has 5 rings (SSSR count). The molecule has 0 spiro atoms. The van der Waals surface area contributed by atoms with Crippen LogP contribution in [0, 0.1) is 57.2 Å². The maximum absolute atomic E-state index is 12.1. The van der Waals surface area contributed by atoms with Crippen LogP contribution in [0.3, 0.4) is 0 Å². The van der Waals surface area contributed by atoms with Gasteiger partial charge in [0.15, 0.2) is 0 Å². The second-order valence-electron chi connectivity index (χ2n) is 13.9. The molecule has 0 heterocycles. The number of carboxylic acids is 1. The van der Waals surface area contributed by atoms with E-state index in [1.165, 1.54) is 12.8 Å². The van der Waals surface area contributed by atoms with Crippen molar-refractivity contribution in [3.8, 4) is 0 Å². The molecule has 3 nitrogen and oxygen atoms in total. The summed E-state index contributed by atoms with van der Waals surface area (Å²) in [5.74, 6) is 1.89. The Morgan fingerprint density at radius 3 is 2.34 bits per heavy atom. The van der Waals surface area contributed by atoms with Crippen molar-refractivity contribution >= 4 is 5.97 Å². The summed E-state index contributed by atoms with van der Waals surface area (Å²) in [5.41, 5.74) is 2.35. The monoisotopic (exact) mass is 442 g/mol. The second-order valence-corrected chi connectivity index (χ2v) is 13.9. The Labute approximate surface area is 195 Å². The number of hydrogen-bond donors (Lipinski definition) is 2. The molecule has 0 aromatic carbocycles. The quantitative estimate of drug-likeness (QED) is 0.444. The van der Waals surface area contributed by atoms with Crippen LogP contribution in [0.1, 0.15) is 99.3 Å². The lowest BCUT2D eigenvalue weighted by Crippen LogP contribution is -2.64. The van der Waals surface area contributed by atoms with Crippen molar-refractivity contribution in [3.63, 3.8) is 0 Å². The zero-order chi connectivity index (χ0) is 23.3. The molecule has 5 aliphatic carbocycles. The number of aliphatic carboxylic acids is 1. The van der Waals surface area contributed by atoms with Crippen molar-refractivity contribution in [1.29, 1.82) is 0 Å². The largest absolute Gasteiger partial charge is 0.481 e. The summed E-state index contributed by atoms with van der Waals surface area (Å²) in [6.07, 6.45) is 12.3. The van der Waals surface area contributed by atoms with Crippen LogP contribution in [0.2, 0.25) is 0 Å². The highest BCUT2D eigenvalue weighted by Crippen LogP contribution is 2.74. The first-order valence-corrected chi connectivity index (χ1v) is 13.5. The average molecular weight is 443 g/mol. The van der Waals surface area contributed by atoms with Crippen molar-refractivity contribution < 1.29 is 15.0 Å². The minimum Gasteiger partial charge on any atom is -0.481 e. The summed E-state index contributed by atoms with van der Waals surface area (Å²) in [4.78, 5) is 12.1. The van der Waals surface area contributed by atoms with E-state index in [0.717, 1.165) is 44.9 Å². The molecule has 5 aliphatic rings. The molecule has 0 aromatic rings. The van der Waals surface area contributed by atoms with Crippen molar-refractivity contribution in [2.24, 2.45) is 57.2 Å². The molecule has 32 heavy (non-hydrogen) atoms. The zero-order valence-electron chi connectivity index (χ0n) is 21.3. The molecule has 0 bridgehead atoms. The number of hydrogen-bond acceptors (Lipinski definition) is 2. The molecule has 2 N–H and O–H groups in total. The predicted molar refractivity (Wildman–Crippen MR) is 128 cm³/mol. The molecule has 0 aromatic heterocycles. The van der Waals surface area contributed by atoms with Crippen LogP contribution in [0.25, 0.3) is 0 Å². The first kappa shape index (κ1) is 22.9. The first-order chi connectivity index (χ1) is 14.9. The summed E-state index contributed by atoms with van der Waals surface area (Å²) in [6.45, 7) is 14.7. The van der Waals surface area contributed by atoms with Gasteiger partial charge in [-0.1, -0.05) is 53.2 Å². The van der Waals surface area contributed by atoms with Crippen molar-refractivity contribution in [2.75, 3.05) is 0 Å². The standard InChI is InChI=1S/C29H46O3/c1-17-7-8-19(25(31)32)18-11-15-28(5)20(24(17)18)9-10-22-27(4)14-13-23(30)26(2,3)21(27)12-16-29(22,28)6/h9,17-19,21-24,30H,7-8,10-16H2,1-6H3,(H,31,32)/t17-,18-,19+,21-,22-,23+,24+,27+,28-,29-/m1/s1. The number of fused-ring (bicyclic) bond motifs is 7. The molecule has 0 aliphatic heterocycles. The number of carbonyl (C=O) groups is 1. The van der Waals surface area contributed by atoms with E-state index >= 15 is 0 Å². The van der Waals surface area contributed by atoms with Gasteiger partial charge in [-0.05, 0) is 109 Å². The zero-order valence-corrected chi connectivity index (χ0v) is 21.3. The van der Waals surface area contributed by atoms with Gasteiger partial charge >= 0.3 is 5.97 Å². The van der Waals surface area contributed by atoms with Crippen LogP contribution in [0.15, 0.2) is 11.6 Å². The van der Waals surface area contributed by atoms with E-state index in [4.69, 9.17) is 0 Å². The van der Waals surface area contributed by atoms with E-state index in [1.807, 2.05) is 0 Å². The molecule has 0 radical (unpaired) electrons. The lowest BCUT2D eigenvalue weighted by molar-refractivity contribution is -0.201. The highest BCUT2D eigenvalue weighted by atomic mass is 16.4. The molecule has 0 amide bonds. The second kappa shape index (κ2) is 7.09. The SMILES string of the molecule is C[C@@H]1CC[C@H](C(=O)O)[C@H]2CC[C@]3(C)C(=CC[C@@H]4[C@@]5(C)CC[C@H](O)C(C)(C)[C@H]5CC[C@]43C)[C@H]21. The lowest BCUT2D eigenvalue weighted by Gasteiger charge is -2.70. The highest BCUT2D eigenvalue weighted by Gasteiger charge is 2.67.